The number of ether oxygens (including phenoxy) is 2. The zero-order chi connectivity index (χ0) is 16.1. The van der Waals surface area contributed by atoms with Gasteiger partial charge >= 0.3 is 159 Å². The quantitative estimate of drug-likeness (QED) is 0.0783. The van der Waals surface area contributed by atoms with Gasteiger partial charge in [-0.2, -0.15) is 0 Å². The molecular weight excluding hydrogens is 522 g/mol. The fourth-order valence-corrected chi connectivity index (χ4v) is 13.4. The van der Waals surface area contributed by atoms with Crippen molar-refractivity contribution in [3.8, 4) is 0 Å². The van der Waals surface area contributed by atoms with Crippen molar-refractivity contribution in [2.24, 2.45) is 22.7 Å². The average Bonchev–Trinajstić information content (AvgIpc) is 3.33. The number of nitrogens with one attached hydrogen (secondary N) is 2. The number of halogens is 2. The molecule has 5 nitrogen and oxygen atoms in total. The van der Waals surface area contributed by atoms with Crippen molar-refractivity contribution >= 4 is 48.9 Å². The van der Waals surface area contributed by atoms with Crippen LogP contribution in [0.3, 0.4) is 0 Å². The van der Waals surface area contributed by atoms with E-state index >= 15 is 0 Å². The Kier molecular flexibility index (Phi) is 3.31. The molecule has 2 heterocycles. The second-order valence-electron chi connectivity index (χ2n) is 8.69. The van der Waals surface area contributed by atoms with E-state index in [9.17, 15) is 4.79 Å². The molecule has 0 aromatic rings. The van der Waals surface area contributed by atoms with Crippen molar-refractivity contribution in [3.05, 3.63) is 0 Å². The molecule has 2 aliphatic heterocycles. The predicted molar refractivity (Wildman–Crippen MR) is 103 cm³/mol. The number of esters is 1. The average molecular weight is 546 g/mol. The first-order chi connectivity index (χ1) is 10.8. The zero-order valence-electron chi connectivity index (χ0n) is 13.6. The van der Waals surface area contributed by atoms with Gasteiger partial charge in [-0.3, -0.25) is 0 Å². The van der Waals surface area contributed by atoms with Crippen molar-refractivity contribution < 1.29 is 14.3 Å². The Morgan fingerprint density at radius 2 is 2.09 bits per heavy atom. The van der Waals surface area contributed by atoms with Gasteiger partial charge in [0, 0.05) is 0 Å². The molecule has 5 unspecified atom stereocenters. The van der Waals surface area contributed by atoms with Crippen LogP contribution in [0.1, 0.15) is 46.0 Å². The monoisotopic (exact) mass is 546 g/mol. The standard InChI is InChI=1S/C16H24I2N2O3/c1-10-3-14(5-11-6-15(11,4-10)7-14)8-22-9-23-12(21)13(2,17)16-18(19-16)20-16/h10-11,19-20H,3-9H2,1-2H3. The molecule has 0 radical (unpaired) electrons. The maximum absolute atomic E-state index is 12.3. The molecule has 3 saturated carbocycles. The molecule has 130 valence electrons. The van der Waals surface area contributed by atoms with Crippen LogP contribution in [0.4, 0.5) is 0 Å². The van der Waals surface area contributed by atoms with E-state index < -0.39 is 23.8 Å². The topological polar surface area (TPSA) is 79.4 Å². The molecule has 0 amide bonds. The zero-order valence-corrected chi connectivity index (χ0v) is 17.9. The second-order valence-corrected chi connectivity index (χ2v) is 15.2. The predicted octanol–water partition coefficient (Wildman–Crippen LogP) is 3.11. The summed E-state index contributed by atoms with van der Waals surface area (Å²) in [5.41, 5.74) is 1.04. The van der Waals surface area contributed by atoms with Crippen LogP contribution in [0.5, 0.6) is 0 Å². The molecule has 2 bridgehead atoms. The van der Waals surface area contributed by atoms with Crippen molar-refractivity contribution in [2.75, 3.05) is 13.4 Å². The third kappa shape index (κ3) is 2.28. The summed E-state index contributed by atoms with van der Waals surface area (Å²) in [5, 5.41) is 0. The summed E-state index contributed by atoms with van der Waals surface area (Å²) in [6.07, 6.45) is 6.84. The second kappa shape index (κ2) is 4.75. The van der Waals surface area contributed by atoms with Crippen LogP contribution in [0.25, 0.3) is 0 Å². The first-order valence-electron chi connectivity index (χ1n) is 8.50. The molecule has 0 aromatic carbocycles. The Hall–Kier alpha value is 0.810. The molecule has 5 rings (SSSR count). The van der Waals surface area contributed by atoms with Crippen LogP contribution in [0.2, 0.25) is 0 Å². The number of alkyl halides is 2. The summed E-state index contributed by atoms with van der Waals surface area (Å²) in [4.78, 5) is 12.3. The van der Waals surface area contributed by atoms with Gasteiger partial charge in [0.05, 0.1) is 0 Å². The van der Waals surface area contributed by atoms with E-state index in [-0.39, 0.29) is 16.4 Å². The molecule has 1 spiro atoms. The SMILES string of the molecule is CC1CC2(COCOC(=O)C(C)(I)C34NI3N4)CC3CC3(C1)C2. The Morgan fingerprint density at radius 1 is 1.35 bits per heavy atom. The normalized spacial score (nSPS) is 48.0. The van der Waals surface area contributed by atoms with E-state index in [1.807, 2.05) is 6.92 Å². The van der Waals surface area contributed by atoms with Crippen LogP contribution in [-0.4, -0.2) is 26.5 Å². The van der Waals surface area contributed by atoms with E-state index in [0.717, 1.165) is 18.4 Å². The van der Waals surface area contributed by atoms with Crippen molar-refractivity contribution in [1.82, 2.24) is 7.06 Å². The van der Waals surface area contributed by atoms with E-state index in [1.54, 1.807) is 0 Å². The number of carbonyl (C=O) groups excluding carboxylic acids is 1. The molecule has 0 aromatic heterocycles. The molecule has 2 saturated heterocycles. The van der Waals surface area contributed by atoms with E-state index in [2.05, 4.69) is 36.6 Å². The minimum atomic E-state index is -1.14. The third-order valence-corrected chi connectivity index (χ3v) is 13.8. The summed E-state index contributed by atoms with van der Waals surface area (Å²) >= 11 is 1.08. The number of rotatable bonds is 6. The van der Waals surface area contributed by atoms with Crippen LogP contribution in [-0.2, 0) is 14.3 Å². The summed E-state index contributed by atoms with van der Waals surface area (Å²) in [6.45, 7) is 5.22. The fourth-order valence-electron chi connectivity index (χ4n) is 5.64. The molecule has 2 N–H and O–H groups in total. The molecule has 23 heavy (non-hydrogen) atoms. The molecule has 5 fully saturated rings. The van der Waals surface area contributed by atoms with Crippen LogP contribution in [0, 0.1) is 22.7 Å². The van der Waals surface area contributed by atoms with Gasteiger partial charge < -0.3 is 0 Å². The summed E-state index contributed by atoms with van der Waals surface area (Å²) in [5.74, 6) is 1.62. The van der Waals surface area contributed by atoms with E-state index in [4.69, 9.17) is 9.47 Å². The van der Waals surface area contributed by atoms with Crippen LogP contribution < -0.4 is 7.06 Å². The third-order valence-electron chi connectivity index (χ3n) is 6.68. The minimum absolute atomic E-state index is 0.0643. The molecular formula is C16H24I2N2O3. The summed E-state index contributed by atoms with van der Waals surface area (Å²) in [6, 6.07) is 0. The number of carbonyl (C=O) groups is 1. The summed E-state index contributed by atoms with van der Waals surface area (Å²) in [7, 11) is 0. The van der Waals surface area contributed by atoms with Gasteiger partial charge in [0.1, 0.15) is 0 Å². The van der Waals surface area contributed by atoms with Gasteiger partial charge in [-0.15, -0.1) is 0 Å². The molecule has 7 heteroatoms. The van der Waals surface area contributed by atoms with Crippen LogP contribution in [0.15, 0.2) is 0 Å². The van der Waals surface area contributed by atoms with E-state index in [0.29, 0.717) is 10.8 Å². The van der Waals surface area contributed by atoms with Gasteiger partial charge in [0.2, 0.25) is 0 Å². The number of fused-ring (bicyclic) bond motifs is 2. The Balaban J connectivity index is 1.12. The summed E-state index contributed by atoms with van der Waals surface area (Å²) < 4.78 is 17.5. The van der Waals surface area contributed by atoms with Crippen LogP contribution >= 0.6 is 43.0 Å². The fraction of sp³-hybridized carbons (Fsp3) is 0.938. The maximum atomic E-state index is 12.3. The molecule has 5 atom stereocenters. The number of hydrogen-bond acceptors (Lipinski definition) is 5. The van der Waals surface area contributed by atoms with Gasteiger partial charge in [0.15, 0.2) is 0 Å². The molecule has 3 aliphatic carbocycles. The Morgan fingerprint density at radius 3 is 2.78 bits per heavy atom. The first kappa shape index (κ1) is 16.0. The van der Waals surface area contributed by atoms with Crippen molar-refractivity contribution in [2.45, 2.75) is 53.0 Å². The first-order valence-corrected chi connectivity index (χ1v) is 12.8. The van der Waals surface area contributed by atoms with Gasteiger partial charge in [0.25, 0.3) is 0 Å². The van der Waals surface area contributed by atoms with Crippen molar-refractivity contribution in [3.63, 3.8) is 0 Å². The number of hydrogen-bond donors (Lipinski definition) is 2. The van der Waals surface area contributed by atoms with E-state index in [1.165, 1.54) is 32.1 Å². The molecule has 5 aliphatic rings. The van der Waals surface area contributed by atoms with Crippen molar-refractivity contribution in [1.29, 1.82) is 0 Å². The Labute approximate surface area is 158 Å². The van der Waals surface area contributed by atoms with Gasteiger partial charge in [-0.1, -0.05) is 0 Å². The van der Waals surface area contributed by atoms with Gasteiger partial charge in [-0.05, 0) is 0 Å². The van der Waals surface area contributed by atoms with Gasteiger partial charge in [-0.25, -0.2) is 0 Å². The Bertz CT molecular complexity index is 576.